The lowest BCUT2D eigenvalue weighted by Crippen LogP contribution is -2.17. The molecule has 0 saturated carbocycles. The minimum Gasteiger partial charge on any atom is -0.497 e. The lowest BCUT2D eigenvalue weighted by atomic mass is 10.2. The molecular weight excluding hydrogens is 362 g/mol. The summed E-state index contributed by atoms with van der Waals surface area (Å²) in [6.45, 7) is 0.588. The van der Waals surface area contributed by atoms with E-state index in [0.29, 0.717) is 23.7 Å². The summed E-state index contributed by atoms with van der Waals surface area (Å²) in [5, 5.41) is 0. The van der Waals surface area contributed by atoms with E-state index in [4.69, 9.17) is 13.9 Å². The van der Waals surface area contributed by atoms with E-state index in [1.807, 2.05) is 30.1 Å². The van der Waals surface area contributed by atoms with Gasteiger partial charge in [0.1, 0.15) is 17.0 Å². The van der Waals surface area contributed by atoms with Crippen LogP contribution in [0.15, 0.2) is 39.5 Å². The number of methoxy groups -OCH3 is 2. The highest BCUT2D eigenvalue weighted by molar-refractivity contribution is 9.10. The number of pyridine rings is 1. The SMILES string of the molecule is COc1ccc(CN(C)c2nc3cncc(Br)c3o2)c(OC)c1. The quantitative estimate of drug-likeness (QED) is 0.676. The third kappa shape index (κ3) is 3.10. The number of ether oxygens (including phenoxy) is 2. The Hall–Kier alpha value is -2.28. The van der Waals surface area contributed by atoms with Crippen LogP contribution < -0.4 is 14.4 Å². The smallest absolute Gasteiger partial charge is 0.298 e. The van der Waals surface area contributed by atoms with Crippen LogP contribution in [0.5, 0.6) is 11.5 Å². The molecular formula is C16H16BrN3O3. The van der Waals surface area contributed by atoms with Crippen LogP contribution in [0.4, 0.5) is 6.01 Å². The first-order valence-corrected chi connectivity index (χ1v) is 7.73. The zero-order valence-electron chi connectivity index (χ0n) is 13.0. The summed E-state index contributed by atoms with van der Waals surface area (Å²) >= 11 is 3.42. The number of rotatable bonds is 5. The van der Waals surface area contributed by atoms with Gasteiger partial charge < -0.3 is 18.8 Å². The summed E-state index contributed by atoms with van der Waals surface area (Å²) in [4.78, 5) is 10.5. The molecule has 0 atom stereocenters. The van der Waals surface area contributed by atoms with Crippen LogP contribution in [0.1, 0.15) is 5.56 Å². The van der Waals surface area contributed by atoms with Gasteiger partial charge in [-0.3, -0.25) is 4.98 Å². The Labute approximate surface area is 142 Å². The molecule has 0 bridgehead atoms. The number of nitrogens with zero attached hydrogens (tertiary/aromatic N) is 3. The average Bonchev–Trinajstić information content (AvgIpc) is 3.01. The van der Waals surface area contributed by atoms with Crippen molar-refractivity contribution in [2.75, 3.05) is 26.2 Å². The van der Waals surface area contributed by atoms with E-state index in [0.717, 1.165) is 21.5 Å². The topological polar surface area (TPSA) is 60.6 Å². The highest BCUT2D eigenvalue weighted by atomic mass is 79.9. The van der Waals surface area contributed by atoms with Crippen LogP contribution in [-0.2, 0) is 6.54 Å². The average molecular weight is 378 g/mol. The van der Waals surface area contributed by atoms with E-state index in [1.54, 1.807) is 26.6 Å². The van der Waals surface area contributed by atoms with Gasteiger partial charge in [-0.2, -0.15) is 4.98 Å². The van der Waals surface area contributed by atoms with Crippen molar-refractivity contribution < 1.29 is 13.9 Å². The van der Waals surface area contributed by atoms with Gasteiger partial charge in [-0.05, 0) is 28.1 Å². The fraction of sp³-hybridized carbons (Fsp3) is 0.250. The van der Waals surface area contributed by atoms with Gasteiger partial charge in [0.2, 0.25) is 0 Å². The van der Waals surface area contributed by atoms with E-state index in [1.165, 1.54) is 0 Å². The van der Waals surface area contributed by atoms with Crippen molar-refractivity contribution in [3.05, 3.63) is 40.6 Å². The molecule has 0 aliphatic rings. The van der Waals surface area contributed by atoms with Gasteiger partial charge in [0.15, 0.2) is 5.58 Å². The highest BCUT2D eigenvalue weighted by Crippen LogP contribution is 2.30. The molecule has 6 nitrogen and oxygen atoms in total. The van der Waals surface area contributed by atoms with Crippen LogP contribution in [0, 0.1) is 0 Å². The summed E-state index contributed by atoms with van der Waals surface area (Å²) in [5.74, 6) is 1.51. The van der Waals surface area contributed by atoms with E-state index in [-0.39, 0.29) is 0 Å². The van der Waals surface area contributed by atoms with Crippen molar-refractivity contribution in [3.63, 3.8) is 0 Å². The number of hydrogen-bond donors (Lipinski definition) is 0. The molecule has 0 spiro atoms. The highest BCUT2D eigenvalue weighted by Gasteiger charge is 2.15. The standard InChI is InChI=1S/C16H16BrN3O3/c1-20(9-10-4-5-11(21-2)6-14(10)22-3)16-19-13-8-18-7-12(17)15(13)23-16/h4-8H,9H2,1-3H3. The maximum absolute atomic E-state index is 5.81. The van der Waals surface area contributed by atoms with Gasteiger partial charge in [-0.1, -0.05) is 0 Å². The van der Waals surface area contributed by atoms with Crippen molar-refractivity contribution in [2.24, 2.45) is 0 Å². The lowest BCUT2D eigenvalue weighted by molar-refractivity contribution is 0.390. The number of benzene rings is 1. The second-order valence-electron chi connectivity index (χ2n) is 5.00. The van der Waals surface area contributed by atoms with Gasteiger partial charge >= 0.3 is 0 Å². The molecule has 23 heavy (non-hydrogen) atoms. The van der Waals surface area contributed by atoms with Crippen LogP contribution >= 0.6 is 15.9 Å². The number of halogens is 1. The number of aromatic nitrogens is 2. The van der Waals surface area contributed by atoms with Crippen molar-refractivity contribution in [1.82, 2.24) is 9.97 Å². The Bertz CT molecular complexity index is 835. The molecule has 0 saturated heterocycles. The molecule has 0 fully saturated rings. The number of anilines is 1. The Balaban J connectivity index is 1.88. The molecule has 3 rings (SSSR count). The predicted octanol–water partition coefficient (Wildman–Crippen LogP) is 3.64. The summed E-state index contributed by atoms with van der Waals surface area (Å²) in [5.41, 5.74) is 2.40. The summed E-state index contributed by atoms with van der Waals surface area (Å²) in [6.07, 6.45) is 3.36. The van der Waals surface area contributed by atoms with E-state index in [9.17, 15) is 0 Å². The maximum atomic E-state index is 5.81. The van der Waals surface area contributed by atoms with Gasteiger partial charge in [0, 0.05) is 24.9 Å². The van der Waals surface area contributed by atoms with Gasteiger partial charge in [0.25, 0.3) is 6.01 Å². The normalized spacial score (nSPS) is 10.8. The molecule has 0 unspecified atom stereocenters. The summed E-state index contributed by atoms with van der Waals surface area (Å²) < 4.78 is 17.2. The molecule has 2 heterocycles. The molecule has 120 valence electrons. The molecule has 0 aliphatic carbocycles. The molecule has 3 aromatic rings. The molecule has 0 N–H and O–H groups in total. The summed E-state index contributed by atoms with van der Waals surface area (Å²) in [6, 6.07) is 6.24. The van der Waals surface area contributed by atoms with Gasteiger partial charge in [-0.25, -0.2) is 0 Å². The van der Waals surface area contributed by atoms with Crippen molar-refractivity contribution in [2.45, 2.75) is 6.54 Å². The first kappa shape index (κ1) is 15.6. The van der Waals surface area contributed by atoms with Gasteiger partial charge in [-0.15, -0.1) is 0 Å². The van der Waals surface area contributed by atoms with Crippen LogP contribution in [0.25, 0.3) is 11.1 Å². The van der Waals surface area contributed by atoms with Gasteiger partial charge in [0.05, 0.1) is 31.4 Å². The van der Waals surface area contributed by atoms with Crippen molar-refractivity contribution in [1.29, 1.82) is 0 Å². The van der Waals surface area contributed by atoms with E-state index >= 15 is 0 Å². The molecule has 7 heteroatoms. The minimum absolute atomic E-state index is 0.520. The van der Waals surface area contributed by atoms with Crippen LogP contribution in [-0.4, -0.2) is 31.2 Å². The largest absolute Gasteiger partial charge is 0.497 e. The van der Waals surface area contributed by atoms with Crippen LogP contribution in [0.2, 0.25) is 0 Å². The van der Waals surface area contributed by atoms with Crippen LogP contribution in [0.3, 0.4) is 0 Å². The zero-order valence-corrected chi connectivity index (χ0v) is 14.6. The van der Waals surface area contributed by atoms with E-state index in [2.05, 4.69) is 25.9 Å². The maximum Gasteiger partial charge on any atom is 0.298 e. The van der Waals surface area contributed by atoms with Crippen molar-refractivity contribution in [3.8, 4) is 11.5 Å². The number of hydrogen-bond acceptors (Lipinski definition) is 6. The Morgan fingerprint density at radius 2 is 2.04 bits per heavy atom. The number of fused-ring (bicyclic) bond motifs is 1. The second-order valence-corrected chi connectivity index (χ2v) is 5.85. The predicted molar refractivity (Wildman–Crippen MR) is 91.2 cm³/mol. The Kier molecular flexibility index (Phi) is 4.38. The fourth-order valence-electron chi connectivity index (χ4n) is 2.28. The monoisotopic (exact) mass is 377 g/mol. The fourth-order valence-corrected chi connectivity index (χ4v) is 2.68. The third-order valence-electron chi connectivity index (χ3n) is 3.47. The molecule has 1 aromatic carbocycles. The molecule has 0 aliphatic heterocycles. The first-order chi connectivity index (χ1) is 11.1. The Morgan fingerprint density at radius 3 is 2.74 bits per heavy atom. The molecule has 0 amide bonds. The van der Waals surface area contributed by atoms with E-state index < -0.39 is 0 Å². The first-order valence-electron chi connectivity index (χ1n) is 6.94. The lowest BCUT2D eigenvalue weighted by Gasteiger charge is -2.17. The second kappa shape index (κ2) is 6.45. The minimum atomic E-state index is 0.520. The molecule has 2 aromatic heterocycles. The Morgan fingerprint density at radius 1 is 1.22 bits per heavy atom. The molecule has 0 radical (unpaired) electrons. The summed E-state index contributed by atoms with van der Waals surface area (Å²) in [7, 11) is 5.18. The number of oxazole rings is 1. The van der Waals surface area contributed by atoms with Crippen molar-refractivity contribution >= 4 is 33.0 Å². The third-order valence-corrected chi connectivity index (χ3v) is 4.04. The zero-order chi connectivity index (χ0) is 16.4.